The molecule has 5 heteroatoms. The number of esters is 1. The van der Waals surface area contributed by atoms with E-state index in [0.29, 0.717) is 12.8 Å². The minimum absolute atomic E-state index is 0.0744. The predicted octanol–water partition coefficient (Wildman–Crippen LogP) is 3.82. The number of carbonyl (C=O) groups excluding carboxylic acids is 2. The number of aromatic nitrogens is 1. The molecule has 0 radical (unpaired) electrons. The fraction of sp³-hybridized carbons (Fsp3) is 0.524. The van der Waals surface area contributed by atoms with Gasteiger partial charge in [0.05, 0.1) is 0 Å². The Labute approximate surface area is 154 Å². The second kappa shape index (κ2) is 8.39. The molecule has 2 aromatic rings. The number of carbonyl (C=O) groups is 2. The molecule has 3 rings (SSSR count). The molecule has 140 valence electrons. The summed E-state index contributed by atoms with van der Waals surface area (Å²) in [6.07, 6.45) is 7.05. The van der Waals surface area contributed by atoms with Gasteiger partial charge in [-0.2, -0.15) is 0 Å². The van der Waals surface area contributed by atoms with E-state index in [1.54, 1.807) is 0 Å². The van der Waals surface area contributed by atoms with Gasteiger partial charge in [0.15, 0.2) is 6.61 Å². The third-order valence-corrected chi connectivity index (χ3v) is 5.34. The van der Waals surface area contributed by atoms with Crippen LogP contribution in [0.2, 0.25) is 0 Å². The summed E-state index contributed by atoms with van der Waals surface area (Å²) in [6.45, 7) is 3.99. The number of rotatable bonds is 6. The minimum Gasteiger partial charge on any atom is -0.456 e. The van der Waals surface area contributed by atoms with Gasteiger partial charge in [-0.05, 0) is 57.6 Å². The van der Waals surface area contributed by atoms with Crippen molar-refractivity contribution in [3.63, 3.8) is 0 Å². The third kappa shape index (κ3) is 4.26. The Hall–Kier alpha value is -2.30. The van der Waals surface area contributed by atoms with Crippen LogP contribution in [-0.4, -0.2) is 40.5 Å². The lowest BCUT2D eigenvalue weighted by atomic mass is 9.97. The van der Waals surface area contributed by atoms with Crippen LogP contribution in [0.5, 0.6) is 0 Å². The van der Waals surface area contributed by atoms with E-state index >= 15 is 0 Å². The molecule has 1 aliphatic heterocycles. The van der Waals surface area contributed by atoms with Gasteiger partial charge in [0.2, 0.25) is 0 Å². The Balaban J connectivity index is 1.42. The minimum atomic E-state index is -0.296. The van der Waals surface area contributed by atoms with Crippen molar-refractivity contribution in [2.45, 2.75) is 64.5 Å². The Morgan fingerprint density at radius 1 is 1.19 bits per heavy atom. The summed E-state index contributed by atoms with van der Waals surface area (Å²) in [5.41, 5.74) is 2.32. The summed E-state index contributed by atoms with van der Waals surface area (Å²) >= 11 is 0. The van der Waals surface area contributed by atoms with Gasteiger partial charge in [0.25, 0.3) is 5.91 Å². The molecular formula is C21H28N2O3. The Morgan fingerprint density at radius 2 is 1.92 bits per heavy atom. The zero-order valence-corrected chi connectivity index (χ0v) is 15.7. The molecule has 26 heavy (non-hydrogen) atoms. The first-order valence-corrected chi connectivity index (χ1v) is 9.58. The van der Waals surface area contributed by atoms with Crippen molar-refractivity contribution in [2.75, 3.05) is 6.61 Å². The van der Waals surface area contributed by atoms with Crippen LogP contribution in [0.1, 0.15) is 51.5 Å². The molecule has 2 heterocycles. The summed E-state index contributed by atoms with van der Waals surface area (Å²) in [4.78, 5) is 29.5. The molecule has 0 spiro atoms. The average Bonchev–Trinajstić information content (AvgIpc) is 3.03. The van der Waals surface area contributed by atoms with E-state index in [1.807, 2.05) is 29.3 Å². The van der Waals surface area contributed by atoms with Crippen LogP contribution in [0.15, 0.2) is 30.5 Å². The normalized spacial score (nSPS) is 20.3. The van der Waals surface area contributed by atoms with Gasteiger partial charge in [-0.3, -0.25) is 9.59 Å². The fourth-order valence-corrected chi connectivity index (χ4v) is 3.96. The first kappa shape index (κ1) is 18.5. The number of benzene rings is 1. The quantitative estimate of drug-likeness (QED) is 0.800. The lowest BCUT2D eigenvalue weighted by Crippen LogP contribution is -2.49. The molecule has 0 aliphatic carbocycles. The van der Waals surface area contributed by atoms with E-state index in [2.05, 4.69) is 24.9 Å². The molecule has 0 unspecified atom stereocenters. The fourth-order valence-electron chi connectivity index (χ4n) is 3.96. The van der Waals surface area contributed by atoms with Gasteiger partial charge in [0, 0.05) is 35.6 Å². The van der Waals surface area contributed by atoms with Gasteiger partial charge in [-0.15, -0.1) is 0 Å². The van der Waals surface area contributed by atoms with E-state index in [0.717, 1.165) is 31.2 Å². The summed E-state index contributed by atoms with van der Waals surface area (Å²) in [5.74, 6) is -0.370. The number of para-hydroxylation sites is 1. The molecule has 1 aromatic heterocycles. The topological polar surface area (TPSA) is 62.4 Å². The molecule has 1 amide bonds. The van der Waals surface area contributed by atoms with Crippen LogP contribution in [0.25, 0.3) is 10.9 Å². The van der Waals surface area contributed by atoms with Gasteiger partial charge in [-0.25, -0.2) is 0 Å². The van der Waals surface area contributed by atoms with Crippen molar-refractivity contribution in [3.8, 4) is 0 Å². The number of amides is 1. The SMILES string of the molecule is C[C@@H]1CCC[C@@H](C)N1C(=O)COC(=O)CCCc1c[nH]c2ccccc12. The number of piperidine rings is 1. The van der Waals surface area contributed by atoms with Crippen molar-refractivity contribution < 1.29 is 14.3 Å². The molecule has 1 aliphatic rings. The summed E-state index contributed by atoms with van der Waals surface area (Å²) in [7, 11) is 0. The summed E-state index contributed by atoms with van der Waals surface area (Å²) < 4.78 is 5.22. The maximum absolute atomic E-state index is 12.4. The number of hydrogen-bond donors (Lipinski definition) is 1. The van der Waals surface area contributed by atoms with Crippen molar-refractivity contribution in [2.24, 2.45) is 0 Å². The maximum Gasteiger partial charge on any atom is 0.306 e. The summed E-state index contributed by atoms with van der Waals surface area (Å²) in [6, 6.07) is 8.60. The van der Waals surface area contributed by atoms with E-state index in [1.165, 1.54) is 10.9 Å². The first-order chi connectivity index (χ1) is 12.6. The smallest absolute Gasteiger partial charge is 0.306 e. The third-order valence-electron chi connectivity index (χ3n) is 5.34. The Morgan fingerprint density at radius 3 is 2.69 bits per heavy atom. The molecule has 2 atom stereocenters. The van der Waals surface area contributed by atoms with E-state index in [-0.39, 0.29) is 30.6 Å². The zero-order valence-electron chi connectivity index (χ0n) is 15.7. The molecule has 5 nitrogen and oxygen atoms in total. The van der Waals surface area contributed by atoms with Crippen molar-refractivity contribution >= 4 is 22.8 Å². The lowest BCUT2D eigenvalue weighted by Gasteiger charge is -2.38. The first-order valence-electron chi connectivity index (χ1n) is 9.58. The molecule has 1 saturated heterocycles. The number of aromatic amines is 1. The highest BCUT2D eigenvalue weighted by Gasteiger charge is 2.29. The lowest BCUT2D eigenvalue weighted by molar-refractivity contribution is -0.154. The van der Waals surface area contributed by atoms with Gasteiger partial charge in [-0.1, -0.05) is 18.2 Å². The second-order valence-corrected chi connectivity index (χ2v) is 7.30. The van der Waals surface area contributed by atoms with Gasteiger partial charge >= 0.3 is 5.97 Å². The standard InChI is InChI=1S/C21H28N2O3/c1-15-7-5-8-16(2)23(15)20(24)14-26-21(25)12-6-9-17-13-22-19-11-4-3-10-18(17)19/h3-4,10-11,13,15-16,22H,5-9,12,14H2,1-2H3/t15-,16-/m1/s1. The van der Waals surface area contributed by atoms with Gasteiger partial charge in [0.1, 0.15) is 0 Å². The highest BCUT2D eigenvalue weighted by atomic mass is 16.5. The number of aryl methyl sites for hydroxylation is 1. The van der Waals surface area contributed by atoms with Crippen LogP contribution in [0, 0.1) is 0 Å². The number of likely N-dealkylation sites (tertiary alicyclic amines) is 1. The van der Waals surface area contributed by atoms with Crippen LogP contribution in [-0.2, 0) is 20.7 Å². The van der Waals surface area contributed by atoms with Crippen LogP contribution in [0.3, 0.4) is 0 Å². The van der Waals surface area contributed by atoms with Crippen molar-refractivity contribution in [1.29, 1.82) is 0 Å². The zero-order chi connectivity index (χ0) is 18.5. The molecule has 1 aromatic carbocycles. The number of fused-ring (bicyclic) bond motifs is 1. The number of ether oxygens (including phenoxy) is 1. The van der Waals surface area contributed by atoms with E-state index in [4.69, 9.17) is 4.74 Å². The monoisotopic (exact) mass is 356 g/mol. The maximum atomic E-state index is 12.4. The number of nitrogens with zero attached hydrogens (tertiary/aromatic N) is 1. The average molecular weight is 356 g/mol. The molecule has 1 N–H and O–H groups in total. The van der Waals surface area contributed by atoms with E-state index in [9.17, 15) is 9.59 Å². The van der Waals surface area contributed by atoms with Gasteiger partial charge < -0.3 is 14.6 Å². The number of H-pyrrole nitrogens is 1. The van der Waals surface area contributed by atoms with Crippen LogP contribution in [0.4, 0.5) is 0 Å². The van der Waals surface area contributed by atoms with Crippen LogP contribution >= 0.6 is 0 Å². The summed E-state index contributed by atoms with van der Waals surface area (Å²) in [5, 5.41) is 1.20. The highest BCUT2D eigenvalue weighted by molar-refractivity contribution is 5.83. The van der Waals surface area contributed by atoms with Crippen molar-refractivity contribution in [3.05, 3.63) is 36.0 Å². The number of nitrogens with one attached hydrogen (secondary N) is 1. The Bertz CT molecular complexity index is 757. The largest absolute Gasteiger partial charge is 0.456 e. The number of hydrogen-bond acceptors (Lipinski definition) is 3. The van der Waals surface area contributed by atoms with Crippen molar-refractivity contribution in [1.82, 2.24) is 9.88 Å². The van der Waals surface area contributed by atoms with E-state index < -0.39 is 0 Å². The molecule has 0 bridgehead atoms. The Kier molecular flexibility index (Phi) is 5.96. The van der Waals surface area contributed by atoms with Crippen LogP contribution < -0.4 is 0 Å². The molecule has 0 saturated carbocycles. The molecular weight excluding hydrogens is 328 g/mol. The predicted molar refractivity (Wildman–Crippen MR) is 102 cm³/mol. The molecule has 1 fully saturated rings. The second-order valence-electron chi connectivity index (χ2n) is 7.30. The highest BCUT2D eigenvalue weighted by Crippen LogP contribution is 2.23.